The fourth-order valence-corrected chi connectivity index (χ4v) is 8.30. The number of piperazine rings is 1. The molecule has 1 aliphatic heterocycles. The van der Waals surface area contributed by atoms with Gasteiger partial charge in [-0.3, -0.25) is 10.2 Å². The van der Waals surface area contributed by atoms with E-state index in [1.807, 2.05) is 12.1 Å². The lowest BCUT2D eigenvalue weighted by molar-refractivity contribution is 0.184. The summed E-state index contributed by atoms with van der Waals surface area (Å²) in [6.07, 6.45) is 0.308. The number of carbonyl (C=O) groups is 1. The number of anilines is 2. The monoisotopic (exact) mass is 624 g/mol. The lowest BCUT2D eigenvalue weighted by atomic mass is 10.00. The highest BCUT2D eigenvalue weighted by Gasteiger charge is 2.32. The Morgan fingerprint density at radius 1 is 1.12 bits per heavy atom. The van der Waals surface area contributed by atoms with Gasteiger partial charge in [-0.2, -0.15) is 4.31 Å². The Kier molecular flexibility index (Phi) is 9.22. The van der Waals surface area contributed by atoms with E-state index in [2.05, 4.69) is 86.7 Å². The van der Waals surface area contributed by atoms with E-state index in [0.29, 0.717) is 32.7 Å². The first kappa shape index (κ1) is 30.8. The molecule has 228 valence electrons. The number of aryl methyl sites for hydroxylation is 1. The molecule has 0 radical (unpaired) electrons. The quantitative estimate of drug-likeness (QED) is 0.237. The normalized spacial score (nSPS) is 15.6. The van der Waals surface area contributed by atoms with Crippen LogP contribution in [0.25, 0.3) is 22.0 Å². The maximum atomic E-state index is 13.3. The highest BCUT2D eigenvalue weighted by molar-refractivity contribution is 7.91. The van der Waals surface area contributed by atoms with Crippen LogP contribution in [-0.4, -0.2) is 102 Å². The molecule has 2 aromatic heterocycles. The van der Waals surface area contributed by atoms with E-state index < -0.39 is 16.1 Å². The molecule has 0 saturated carbocycles. The van der Waals surface area contributed by atoms with Crippen molar-refractivity contribution in [1.82, 2.24) is 29.1 Å². The van der Waals surface area contributed by atoms with Crippen molar-refractivity contribution >= 4 is 49.3 Å². The van der Waals surface area contributed by atoms with Gasteiger partial charge in [0, 0.05) is 56.3 Å². The van der Waals surface area contributed by atoms with Gasteiger partial charge in [0.05, 0.1) is 11.2 Å². The predicted octanol–water partition coefficient (Wildman–Crippen LogP) is 4.02. The van der Waals surface area contributed by atoms with Crippen molar-refractivity contribution in [3.8, 4) is 11.1 Å². The van der Waals surface area contributed by atoms with Gasteiger partial charge in [0.25, 0.3) is 10.0 Å². The Hall–Kier alpha value is -3.69. The van der Waals surface area contributed by atoms with Crippen LogP contribution in [0, 0.1) is 6.92 Å². The first-order chi connectivity index (χ1) is 20.5. The molecule has 43 heavy (non-hydrogen) atoms. The van der Waals surface area contributed by atoms with Gasteiger partial charge in [-0.25, -0.2) is 28.2 Å². The van der Waals surface area contributed by atoms with Gasteiger partial charge in [-0.1, -0.05) is 41.7 Å². The minimum Gasteiger partial charge on any atom is -0.465 e. The number of amides is 1. The standard InChI is InChI=1S/C29H36N8O4S2/c1-19(16-36-11-13-37(14-12-36)43(40,41)27-20(2)33-28(42-27)34-29(38)39)32-26-24-10-6-9-23(25(24)30-18-31-26)22-8-5-7-21(15-22)17-35(3)4/h5-10,15,18-19H,11-14,16-17H2,1-4H3,(H,33,34)(H,38,39)(H,30,31,32). The lowest BCUT2D eigenvalue weighted by Gasteiger charge is -2.35. The first-order valence-electron chi connectivity index (χ1n) is 14.0. The van der Waals surface area contributed by atoms with Gasteiger partial charge in [0.15, 0.2) is 9.34 Å². The second kappa shape index (κ2) is 12.9. The smallest absolute Gasteiger partial charge is 0.410 e. The SMILES string of the molecule is Cc1nc(NC(=O)O)sc1S(=O)(=O)N1CCN(CC(C)Nc2ncnc3c(-c4cccc(CN(C)C)c4)cccc23)CC1. The molecule has 14 heteroatoms. The molecule has 0 spiro atoms. The summed E-state index contributed by atoms with van der Waals surface area (Å²) in [5.41, 5.74) is 4.56. The first-order valence-corrected chi connectivity index (χ1v) is 16.2. The highest BCUT2D eigenvalue weighted by atomic mass is 32.2. The molecule has 12 nitrogen and oxygen atoms in total. The zero-order chi connectivity index (χ0) is 30.7. The fourth-order valence-electron chi connectivity index (χ4n) is 5.34. The van der Waals surface area contributed by atoms with Gasteiger partial charge in [0.2, 0.25) is 0 Å². The number of aromatic nitrogens is 3. The second-order valence-corrected chi connectivity index (χ2v) is 14.1. The van der Waals surface area contributed by atoms with Crippen molar-refractivity contribution in [3.05, 3.63) is 60.0 Å². The zero-order valence-corrected chi connectivity index (χ0v) is 26.2. The van der Waals surface area contributed by atoms with Gasteiger partial charge < -0.3 is 15.3 Å². The Balaban J connectivity index is 1.24. The number of nitrogens with zero attached hydrogens (tertiary/aromatic N) is 6. The van der Waals surface area contributed by atoms with Crippen LogP contribution in [0.1, 0.15) is 18.2 Å². The molecule has 0 bridgehead atoms. The zero-order valence-electron chi connectivity index (χ0n) is 24.6. The summed E-state index contributed by atoms with van der Waals surface area (Å²) in [5.74, 6) is 0.761. The van der Waals surface area contributed by atoms with Crippen LogP contribution in [0.3, 0.4) is 0 Å². The molecule has 5 rings (SSSR count). The molecular weight excluding hydrogens is 589 g/mol. The van der Waals surface area contributed by atoms with E-state index in [4.69, 9.17) is 5.11 Å². The van der Waals surface area contributed by atoms with E-state index in [1.54, 1.807) is 13.3 Å². The van der Waals surface area contributed by atoms with E-state index >= 15 is 0 Å². The molecule has 1 aliphatic rings. The van der Waals surface area contributed by atoms with Crippen molar-refractivity contribution in [1.29, 1.82) is 0 Å². The van der Waals surface area contributed by atoms with E-state index in [1.165, 1.54) is 9.87 Å². The molecule has 1 atom stereocenters. The number of benzene rings is 2. The number of para-hydroxylation sites is 1. The van der Waals surface area contributed by atoms with Crippen molar-refractivity contribution in [2.45, 2.75) is 30.6 Å². The average molecular weight is 625 g/mol. The van der Waals surface area contributed by atoms with Crippen LogP contribution in [0.2, 0.25) is 0 Å². The topological polar surface area (TPSA) is 144 Å². The van der Waals surface area contributed by atoms with Crippen molar-refractivity contribution in [3.63, 3.8) is 0 Å². The van der Waals surface area contributed by atoms with Crippen molar-refractivity contribution in [2.75, 3.05) is 57.5 Å². The summed E-state index contributed by atoms with van der Waals surface area (Å²) in [4.78, 5) is 28.6. The maximum Gasteiger partial charge on any atom is 0.410 e. The number of carboxylic acid groups (broad SMARTS) is 1. The summed E-state index contributed by atoms with van der Waals surface area (Å²) in [7, 11) is 0.340. The van der Waals surface area contributed by atoms with Crippen molar-refractivity contribution in [2.24, 2.45) is 0 Å². The number of rotatable bonds is 10. The average Bonchev–Trinajstić information content (AvgIpc) is 3.33. The van der Waals surface area contributed by atoms with Crippen LogP contribution in [0.15, 0.2) is 53.0 Å². The summed E-state index contributed by atoms with van der Waals surface area (Å²) >= 11 is 0.834. The second-order valence-electron chi connectivity index (χ2n) is 10.9. The summed E-state index contributed by atoms with van der Waals surface area (Å²) in [6.45, 7) is 7.03. The number of hydrogen-bond donors (Lipinski definition) is 3. The van der Waals surface area contributed by atoms with Crippen LogP contribution in [0.5, 0.6) is 0 Å². The molecule has 1 fully saturated rings. The lowest BCUT2D eigenvalue weighted by Crippen LogP contribution is -2.50. The van der Waals surface area contributed by atoms with Crippen LogP contribution in [0.4, 0.5) is 15.7 Å². The number of hydrogen-bond acceptors (Lipinski definition) is 10. The van der Waals surface area contributed by atoms with Crippen LogP contribution >= 0.6 is 11.3 Å². The van der Waals surface area contributed by atoms with Crippen LogP contribution < -0.4 is 10.6 Å². The van der Waals surface area contributed by atoms with Gasteiger partial charge >= 0.3 is 6.09 Å². The highest BCUT2D eigenvalue weighted by Crippen LogP contribution is 2.32. The molecular formula is C29H36N8O4S2. The minimum atomic E-state index is -3.77. The van der Waals surface area contributed by atoms with E-state index in [9.17, 15) is 13.2 Å². The summed E-state index contributed by atoms with van der Waals surface area (Å²) in [6, 6.07) is 14.7. The largest absolute Gasteiger partial charge is 0.465 e. The Morgan fingerprint density at radius 2 is 1.86 bits per heavy atom. The molecule has 1 saturated heterocycles. The molecule has 1 unspecified atom stereocenters. The van der Waals surface area contributed by atoms with Crippen LogP contribution in [-0.2, 0) is 16.6 Å². The van der Waals surface area contributed by atoms with Gasteiger partial charge in [0.1, 0.15) is 12.1 Å². The van der Waals surface area contributed by atoms with Gasteiger partial charge in [-0.05, 0) is 51.2 Å². The number of fused-ring (bicyclic) bond motifs is 1. The predicted molar refractivity (Wildman–Crippen MR) is 169 cm³/mol. The van der Waals surface area contributed by atoms with E-state index in [-0.39, 0.29) is 21.1 Å². The summed E-state index contributed by atoms with van der Waals surface area (Å²) < 4.78 is 28.1. The molecule has 3 heterocycles. The third-order valence-electron chi connectivity index (χ3n) is 7.19. The molecule has 2 aromatic carbocycles. The number of sulfonamides is 1. The third-order valence-corrected chi connectivity index (χ3v) is 10.7. The number of nitrogens with one attached hydrogen (secondary N) is 2. The minimum absolute atomic E-state index is 0.0433. The Morgan fingerprint density at radius 3 is 2.58 bits per heavy atom. The molecule has 4 aromatic rings. The fraction of sp³-hybridized carbons (Fsp3) is 0.379. The van der Waals surface area contributed by atoms with Gasteiger partial charge in [-0.15, -0.1) is 0 Å². The van der Waals surface area contributed by atoms with Crippen molar-refractivity contribution < 1.29 is 18.3 Å². The Bertz CT molecular complexity index is 1720. The third kappa shape index (κ3) is 7.11. The van der Waals surface area contributed by atoms with E-state index in [0.717, 1.165) is 45.7 Å². The molecule has 0 aliphatic carbocycles. The molecule has 3 N–H and O–H groups in total. The maximum absolute atomic E-state index is 13.3. The number of thiazole rings is 1. The summed E-state index contributed by atoms with van der Waals surface area (Å²) in [5, 5.41) is 15.6. The molecule has 1 amide bonds. The Labute approximate surface area is 255 Å².